The molecule has 1 saturated heterocycles. The fourth-order valence-electron chi connectivity index (χ4n) is 2.95. The van der Waals surface area contributed by atoms with Crippen molar-refractivity contribution in [3.05, 3.63) is 59.3 Å². The van der Waals surface area contributed by atoms with Gasteiger partial charge in [0, 0.05) is 57.6 Å². The van der Waals surface area contributed by atoms with Crippen LogP contribution in [0.1, 0.15) is 11.1 Å². The molecule has 128 valence electrons. The molecule has 4 nitrogen and oxygen atoms in total. The summed E-state index contributed by atoms with van der Waals surface area (Å²) in [6, 6.07) is 7.60. The van der Waals surface area contributed by atoms with Gasteiger partial charge in [-0.25, -0.2) is 13.8 Å². The Labute approximate surface area is 140 Å². The molecule has 1 fully saturated rings. The highest BCUT2D eigenvalue weighted by molar-refractivity contribution is 5.19. The molecular weight excluding hydrogens is 312 g/mol. The molecule has 24 heavy (non-hydrogen) atoms. The second-order valence-corrected chi connectivity index (χ2v) is 6.04. The number of pyridine rings is 1. The fourth-order valence-corrected chi connectivity index (χ4v) is 2.95. The molecule has 0 amide bonds. The average Bonchev–Trinajstić information content (AvgIpc) is 2.56. The molecule has 0 bridgehead atoms. The quantitative estimate of drug-likeness (QED) is 0.841. The van der Waals surface area contributed by atoms with Crippen LogP contribution >= 0.6 is 0 Å². The highest BCUT2D eigenvalue weighted by atomic mass is 19.1. The smallest absolute Gasteiger partial charge is 0.212 e. The molecule has 6 heteroatoms. The van der Waals surface area contributed by atoms with Crippen molar-refractivity contribution < 1.29 is 13.5 Å². The second-order valence-electron chi connectivity index (χ2n) is 6.04. The Hall–Kier alpha value is -2.05. The molecule has 2 heterocycles. The standard InChI is InChI=1S/C18H21F2N3O/c1-24-18-3-2-14(11-21-18)12-22-4-6-23(7-5-22)13-15-8-16(19)10-17(20)9-15/h2-3,8-11H,4-7,12-13H2,1H3. The number of benzene rings is 1. The fraction of sp³-hybridized carbons (Fsp3) is 0.389. The summed E-state index contributed by atoms with van der Waals surface area (Å²) >= 11 is 0. The maximum absolute atomic E-state index is 13.3. The van der Waals surface area contributed by atoms with Crippen LogP contribution in [0.25, 0.3) is 0 Å². The lowest BCUT2D eigenvalue weighted by Gasteiger charge is -2.34. The molecule has 0 unspecified atom stereocenters. The van der Waals surface area contributed by atoms with E-state index in [4.69, 9.17) is 4.74 Å². The summed E-state index contributed by atoms with van der Waals surface area (Å²) in [6.07, 6.45) is 1.83. The van der Waals surface area contributed by atoms with Crippen LogP contribution in [0.2, 0.25) is 0 Å². The summed E-state index contributed by atoms with van der Waals surface area (Å²) in [6.45, 7) is 5.02. The Balaban J connectivity index is 1.50. The minimum absolute atomic E-state index is 0.518. The molecule has 0 saturated carbocycles. The molecule has 2 aromatic rings. The summed E-state index contributed by atoms with van der Waals surface area (Å²) in [5.74, 6) is -0.419. The van der Waals surface area contributed by atoms with Crippen LogP contribution in [0.5, 0.6) is 5.88 Å². The number of nitrogens with zero attached hydrogens (tertiary/aromatic N) is 3. The van der Waals surface area contributed by atoms with Crippen molar-refractivity contribution in [2.24, 2.45) is 0 Å². The Morgan fingerprint density at radius 1 is 0.917 bits per heavy atom. The Bertz CT molecular complexity index is 650. The lowest BCUT2D eigenvalue weighted by atomic mass is 10.1. The Kier molecular flexibility index (Phi) is 5.37. The number of methoxy groups -OCH3 is 1. The van der Waals surface area contributed by atoms with Gasteiger partial charge < -0.3 is 4.74 Å². The Morgan fingerprint density at radius 2 is 1.50 bits per heavy atom. The SMILES string of the molecule is COc1ccc(CN2CCN(Cc3cc(F)cc(F)c3)CC2)cn1. The molecule has 3 rings (SSSR count). The van der Waals surface area contributed by atoms with Crippen LogP contribution in [0.15, 0.2) is 36.5 Å². The van der Waals surface area contributed by atoms with E-state index in [2.05, 4.69) is 14.8 Å². The van der Waals surface area contributed by atoms with Crippen molar-refractivity contribution >= 4 is 0 Å². The normalized spacial score (nSPS) is 16.3. The summed E-state index contributed by atoms with van der Waals surface area (Å²) in [7, 11) is 1.60. The van der Waals surface area contributed by atoms with E-state index < -0.39 is 11.6 Å². The predicted octanol–water partition coefficient (Wildman–Crippen LogP) is 2.69. The monoisotopic (exact) mass is 333 g/mol. The van der Waals surface area contributed by atoms with Gasteiger partial charge in [0.15, 0.2) is 0 Å². The van der Waals surface area contributed by atoms with Crippen LogP contribution in [-0.2, 0) is 13.1 Å². The summed E-state index contributed by atoms with van der Waals surface area (Å²) in [4.78, 5) is 8.79. The van der Waals surface area contributed by atoms with Crippen molar-refractivity contribution in [1.29, 1.82) is 0 Å². The third kappa shape index (κ3) is 4.49. The van der Waals surface area contributed by atoms with Crippen molar-refractivity contribution in [2.45, 2.75) is 13.1 Å². The molecule has 1 aliphatic heterocycles. The largest absolute Gasteiger partial charge is 0.481 e. The summed E-state index contributed by atoms with van der Waals surface area (Å²) < 4.78 is 31.6. The van der Waals surface area contributed by atoms with Crippen molar-refractivity contribution in [2.75, 3.05) is 33.3 Å². The van der Waals surface area contributed by atoms with E-state index >= 15 is 0 Å². The summed E-state index contributed by atoms with van der Waals surface area (Å²) in [5.41, 5.74) is 1.83. The van der Waals surface area contributed by atoms with E-state index in [1.807, 2.05) is 18.3 Å². The van der Waals surface area contributed by atoms with E-state index in [9.17, 15) is 8.78 Å². The van der Waals surface area contributed by atoms with Gasteiger partial charge in [0.1, 0.15) is 11.6 Å². The number of hydrogen-bond donors (Lipinski definition) is 0. The van der Waals surface area contributed by atoms with Crippen LogP contribution in [0, 0.1) is 11.6 Å². The van der Waals surface area contributed by atoms with E-state index in [1.54, 1.807) is 7.11 Å². The van der Waals surface area contributed by atoms with Crippen LogP contribution in [0.3, 0.4) is 0 Å². The zero-order valence-corrected chi connectivity index (χ0v) is 13.7. The molecule has 0 spiro atoms. The predicted molar refractivity (Wildman–Crippen MR) is 87.7 cm³/mol. The molecule has 1 aromatic carbocycles. The average molecular weight is 333 g/mol. The Morgan fingerprint density at radius 3 is 2.00 bits per heavy atom. The van der Waals surface area contributed by atoms with Gasteiger partial charge in [-0.05, 0) is 23.3 Å². The summed E-state index contributed by atoms with van der Waals surface area (Å²) in [5, 5.41) is 0. The van der Waals surface area contributed by atoms with Gasteiger partial charge in [-0.1, -0.05) is 6.07 Å². The van der Waals surface area contributed by atoms with Crippen LogP contribution < -0.4 is 4.74 Å². The van der Waals surface area contributed by atoms with E-state index in [-0.39, 0.29) is 0 Å². The van der Waals surface area contributed by atoms with Crippen LogP contribution in [-0.4, -0.2) is 48.1 Å². The highest BCUT2D eigenvalue weighted by Gasteiger charge is 2.17. The minimum Gasteiger partial charge on any atom is -0.481 e. The van der Waals surface area contributed by atoms with Gasteiger partial charge in [-0.3, -0.25) is 9.80 Å². The number of piperazine rings is 1. The topological polar surface area (TPSA) is 28.6 Å². The van der Waals surface area contributed by atoms with E-state index in [1.165, 1.54) is 12.1 Å². The molecule has 0 atom stereocenters. The number of hydrogen-bond acceptors (Lipinski definition) is 4. The zero-order chi connectivity index (χ0) is 16.9. The maximum Gasteiger partial charge on any atom is 0.212 e. The van der Waals surface area contributed by atoms with Gasteiger partial charge in [-0.15, -0.1) is 0 Å². The zero-order valence-electron chi connectivity index (χ0n) is 13.7. The number of aromatic nitrogens is 1. The second kappa shape index (κ2) is 7.68. The molecule has 0 N–H and O–H groups in total. The van der Waals surface area contributed by atoms with Gasteiger partial charge in [0.2, 0.25) is 5.88 Å². The van der Waals surface area contributed by atoms with E-state index in [0.29, 0.717) is 18.0 Å². The first-order valence-electron chi connectivity index (χ1n) is 8.01. The number of ether oxygens (including phenoxy) is 1. The molecule has 0 aliphatic carbocycles. The lowest BCUT2D eigenvalue weighted by molar-refractivity contribution is 0.121. The van der Waals surface area contributed by atoms with Crippen molar-refractivity contribution in [3.63, 3.8) is 0 Å². The van der Waals surface area contributed by atoms with E-state index in [0.717, 1.165) is 44.4 Å². The molecular formula is C18H21F2N3O. The van der Waals surface area contributed by atoms with Gasteiger partial charge in [-0.2, -0.15) is 0 Å². The lowest BCUT2D eigenvalue weighted by Crippen LogP contribution is -2.45. The van der Waals surface area contributed by atoms with Crippen molar-refractivity contribution in [3.8, 4) is 5.88 Å². The first kappa shape index (κ1) is 16.8. The van der Waals surface area contributed by atoms with Crippen LogP contribution in [0.4, 0.5) is 8.78 Å². The number of halogens is 2. The van der Waals surface area contributed by atoms with Gasteiger partial charge in [0.05, 0.1) is 7.11 Å². The van der Waals surface area contributed by atoms with Crippen molar-refractivity contribution in [1.82, 2.24) is 14.8 Å². The first-order valence-corrected chi connectivity index (χ1v) is 8.01. The molecule has 1 aliphatic rings. The highest BCUT2D eigenvalue weighted by Crippen LogP contribution is 2.14. The van der Waals surface area contributed by atoms with Gasteiger partial charge >= 0.3 is 0 Å². The minimum atomic E-state index is -0.518. The first-order chi connectivity index (χ1) is 11.6. The molecule has 0 radical (unpaired) electrons. The third-order valence-corrected chi connectivity index (χ3v) is 4.21. The molecule has 1 aromatic heterocycles. The van der Waals surface area contributed by atoms with Gasteiger partial charge in [0.25, 0.3) is 0 Å². The number of rotatable bonds is 5. The maximum atomic E-state index is 13.3. The third-order valence-electron chi connectivity index (χ3n) is 4.21.